The van der Waals surface area contributed by atoms with Crippen LogP contribution in [0.4, 0.5) is 5.13 Å². The van der Waals surface area contributed by atoms with Gasteiger partial charge in [-0.05, 0) is 25.5 Å². The van der Waals surface area contributed by atoms with Gasteiger partial charge in [-0.2, -0.15) is 0 Å². The van der Waals surface area contributed by atoms with Gasteiger partial charge >= 0.3 is 0 Å². The zero-order chi connectivity index (χ0) is 14.7. The van der Waals surface area contributed by atoms with E-state index in [1.165, 1.54) is 0 Å². The summed E-state index contributed by atoms with van der Waals surface area (Å²) in [5.41, 5.74) is 1.90. The molecule has 0 unspecified atom stereocenters. The van der Waals surface area contributed by atoms with E-state index < -0.39 is 0 Å². The number of unbranched alkanes of at least 4 members (excludes halogenated alkanes) is 1. The molecule has 2 heterocycles. The van der Waals surface area contributed by atoms with Gasteiger partial charge in [-0.25, -0.2) is 4.98 Å². The predicted molar refractivity (Wildman–Crippen MR) is 89.5 cm³/mol. The van der Waals surface area contributed by atoms with Gasteiger partial charge in [-0.15, -0.1) is 0 Å². The van der Waals surface area contributed by atoms with Crippen molar-refractivity contribution in [1.82, 2.24) is 9.97 Å². The fourth-order valence-corrected chi connectivity index (χ4v) is 3.25. The first-order chi connectivity index (χ1) is 10.3. The van der Waals surface area contributed by atoms with Gasteiger partial charge in [0.2, 0.25) is 0 Å². The molecular weight excluding hydrogens is 282 g/mol. The molecule has 3 aromatic rings. The van der Waals surface area contributed by atoms with Crippen LogP contribution in [0.15, 0.2) is 24.4 Å². The first-order valence-electron chi connectivity index (χ1n) is 7.38. The monoisotopic (exact) mass is 301 g/mol. The molecule has 0 amide bonds. The second kappa shape index (κ2) is 6.26. The lowest BCUT2D eigenvalue weighted by Gasteiger charge is -2.08. The largest absolute Gasteiger partial charge is 0.491 e. The molecule has 0 aliphatic heterocycles. The molecule has 0 fully saturated rings. The summed E-state index contributed by atoms with van der Waals surface area (Å²) in [6.07, 6.45) is 3.98. The van der Waals surface area contributed by atoms with E-state index in [1.54, 1.807) is 17.5 Å². The van der Waals surface area contributed by atoms with Gasteiger partial charge in [-0.1, -0.05) is 24.7 Å². The number of anilines is 1. The number of ether oxygens (including phenoxy) is 1. The van der Waals surface area contributed by atoms with E-state index in [9.17, 15) is 0 Å². The molecule has 110 valence electrons. The molecule has 0 aliphatic carbocycles. The van der Waals surface area contributed by atoms with Crippen molar-refractivity contribution in [1.29, 1.82) is 0 Å². The normalized spacial score (nSPS) is 11.1. The first kappa shape index (κ1) is 14.1. The molecule has 1 N–H and O–H groups in total. The Morgan fingerprint density at radius 3 is 3.00 bits per heavy atom. The smallest absolute Gasteiger partial charge is 0.183 e. The van der Waals surface area contributed by atoms with Crippen LogP contribution in [-0.2, 0) is 0 Å². The van der Waals surface area contributed by atoms with Crippen LogP contribution in [0.5, 0.6) is 5.75 Å². The number of nitrogens with zero attached hydrogens (tertiary/aromatic N) is 2. The van der Waals surface area contributed by atoms with E-state index in [0.29, 0.717) is 0 Å². The van der Waals surface area contributed by atoms with Crippen molar-refractivity contribution in [3.05, 3.63) is 24.4 Å². The van der Waals surface area contributed by atoms with Crippen molar-refractivity contribution in [3.63, 3.8) is 0 Å². The lowest BCUT2D eigenvalue weighted by molar-refractivity contribution is 0.313. The molecule has 0 radical (unpaired) electrons. The summed E-state index contributed by atoms with van der Waals surface area (Å²) < 4.78 is 7.07. The maximum absolute atomic E-state index is 5.93. The lowest BCUT2D eigenvalue weighted by atomic mass is 10.2. The molecule has 2 aromatic heterocycles. The van der Waals surface area contributed by atoms with E-state index in [4.69, 9.17) is 4.74 Å². The number of thiazole rings is 1. The van der Waals surface area contributed by atoms with Gasteiger partial charge in [0, 0.05) is 24.2 Å². The van der Waals surface area contributed by atoms with Gasteiger partial charge in [0.15, 0.2) is 5.13 Å². The summed E-state index contributed by atoms with van der Waals surface area (Å²) in [5, 5.41) is 5.28. The highest BCUT2D eigenvalue weighted by Gasteiger charge is 2.12. The van der Waals surface area contributed by atoms with Crippen molar-refractivity contribution in [2.24, 2.45) is 0 Å². The highest BCUT2D eigenvalue weighted by atomic mass is 32.1. The van der Waals surface area contributed by atoms with Crippen molar-refractivity contribution in [2.75, 3.05) is 18.5 Å². The third-order valence-corrected chi connectivity index (χ3v) is 4.26. The molecule has 0 atom stereocenters. The van der Waals surface area contributed by atoms with Crippen LogP contribution in [0, 0.1) is 0 Å². The Labute approximate surface area is 128 Å². The van der Waals surface area contributed by atoms with E-state index >= 15 is 0 Å². The van der Waals surface area contributed by atoms with Gasteiger partial charge in [0.05, 0.1) is 16.8 Å². The highest BCUT2D eigenvalue weighted by Crippen LogP contribution is 2.36. The molecule has 21 heavy (non-hydrogen) atoms. The minimum Gasteiger partial charge on any atom is -0.491 e. The van der Waals surface area contributed by atoms with Gasteiger partial charge in [-0.3, -0.25) is 4.98 Å². The summed E-state index contributed by atoms with van der Waals surface area (Å²) in [7, 11) is 0. The highest BCUT2D eigenvalue weighted by molar-refractivity contribution is 7.22. The van der Waals surface area contributed by atoms with E-state index in [0.717, 1.165) is 58.0 Å². The molecule has 0 aliphatic rings. The summed E-state index contributed by atoms with van der Waals surface area (Å²) >= 11 is 1.66. The van der Waals surface area contributed by atoms with Crippen LogP contribution in [-0.4, -0.2) is 23.1 Å². The quantitative estimate of drug-likeness (QED) is 0.683. The van der Waals surface area contributed by atoms with E-state index in [-0.39, 0.29) is 0 Å². The summed E-state index contributed by atoms with van der Waals surface area (Å²) in [4.78, 5) is 9.16. The number of aromatic nitrogens is 2. The lowest BCUT2D eigenvalue weighted by Crippen LogP contribution is -1.98. The van der Waals surface area contributed by atoms with Crippen LogP contribution >= 0.6 is 11.3 Å². The molecule has 1 aromatic carbocycles. The maximum atomic E-state index is 5.93. The van der Waals surface area contributed by atoms with Gasteiger partial charge in [0.25, 0.3) is 0 Å². The fourth-order valence-electron chi connectivity index (χ4n) is 2.27. The summed E-state index contributed by atoms with van der Waals surface area (Å²) in [6, 6.07) is 6.08. The minimum absolute atomic E-state index is 0.729. The zero-order valence-corrected chi connectivity index (χ0v) is 13.2. The molecule has 0 spiro atoms. The van der Waals surface area contributed by atoms with Crippen molar-refractivity contribution in [3.8, 4) is 5.75 Å². The second-order valence-corrected chi connectivity index (χ2v) is 5.90. The first-order valence-corrected chi connectivity index (χ1v) is 8.20. The van der Waals surface area contributed by atoms with Crippen molar-refractivity contribution >= 4 is 37.6 Å². The third kappa shape index (κ3) is 2.78. The molecule has 3 rings (SSSR count). The number of hydrogen-bond acceptors (Lipinski definition) is 5. The third-order valence-electron chi connectivity index (χ3n) is 3.30. The Morgan fingerprint density at radius 2 is 2.19 bits per heavy atom. The topological polar surface area (TPSA) is 47.0 Å². The van der Waals surface area contributed by atoms with Crippen molar-refractivity contribution in [2.45, 2.75) is 26.7 Å². The van der Waals surface area contributed by atoms with E-state index in [1.807, 2.05) is 6.07 Å². The van der Waals surface area contributed by atoms with Gasteiger partial charge in [0.1, 0.15) is 11.3 Å². The van der Waals surface area contributed by atoms with Crippen LogP contribution in [0.3, 0.4) is 0 Å². The molecule has 0 saturated carbocycles. The molecule has 0 bridgehead atoms. The maximum Gasteiger partial charge on any atom is 0.183 e. The summed E-state index contributed by atoms with van der Waals surface area (Å²) in [6.45, 7) is 5.84. The van der Waals surface area contributed by atoms with Gasteiger partial charge < -0.3 is 10.1 Å². The number of fused-ring (bicyclic) bond motifs is 3. The Hall–Kier alpha value is -1.88. The Morgan fingerprint density at radius 1 is 1.29 bits per heavy atom. The number of nitrogens with one attached hydrogen (secondary N) is 1. The predicted octanol–water partition coefficient (Wildman–Crippen LogP) is 4.46. The average molecular weight is 301 g/mol. The SMILES string of the molecule is CCCCOc1cc2sc(NCC)nc2c2cccnc12. The molecule has 0 saturated heterocycles. The van der Waals surface area contributed by atoms with Crippen LogP contribution in [0.1, 0.15) is 26.7 Å². The number of rotatable bonds is 6. The van der Waals surface area contributed by atoms with E-state index in [2.05, 4.69) is 41.3 Å². The van der Waals surface area contributed by atoms with Crippen LogP contribution < -0.4 is 10.1 Å². The number of pyridine rings is 1. The Bertz CT molecular complexity index is 754. The number of hydrogen-bond donors (Lipinski definition) is 1. The van der Waals surface area contributed by atoms with Crippen molar-refractivity contribution < 1.29 is 4.74 Å². The average Bonchev–Trinajstić information content (AvgIpc) is 2.91. The standard InChI is InChI=1S/C16H19N3OS/c1-3-5-9-20-12-10-13-15(19-16(21-13)17-4-2)11-7-6-8-18-14(11)12/h6-8,10H,3-5,9H2,1-2H3,(H,17,19). The van der Waals surface area contributed by atoms with Crippen LogP contribution in [0.2, 0.25) is 0 Å². The molecular formula is C16H19N3OS. The number of benzene rings is 1. The molecule has 4 nitrogen and oxygen atoms in total. The minimum atomic E-state index is 0.729. The summed E-state index contributed by atoms with van der Waals surface area (Å²) in [5.74, 6) is 0.859. The Balaban J connectivity index is 2.11. The molecule has 5 heteroatoms. The second-order valence-electron chi connectivity index (χ2n) is 4.87. The van der Waals surface area contributed by atoms with Crippen LogP contribution in [0.25, 0.3) is 21.1 Å². The fraction of sp³-hybridized carbons (Fsp3) is 0.375. The zero-order valence-electron chi connectivity index (χ0n) is 12.3. The Kier molecular flexibility index (Phi) is 4.20.